The molecule has 0 aromatic heterocycles. The van der Waals surface area contributed by atoms with E-state index in [1.807, 2.05) is 19.9 Å². The maximum atomic E-state index is 10.8. The lowest BCUT2D eigenvalue weighted by atomic mass is 10.1. The number of carboxylic acids is 1. The van der Waals surface area contributed by atoms with Crippen LogP contribution in [0.4, 0.5) is 5.69 Å². The molecule has 0 heterocycles. The lowest BCUT2D eigenvalue weighted by Gasteiger charge is -2.22. The first-order valence-corrected chi connectivity index (χ1v) is 5.56. The summed E-state index contributed by atoms with van der Waals surface area (Å²) >= 11 is 0. The molecule has 1 aromatic rings. The Morgan fingerprint density at radius 1 is 1.53 bits per heavy atom. The zero-order valence-electron chi connectivity index (χ0n) is 10.1. The molecule has 0 unspecified atom stereocenters. The van der Waals surface area contributed by atoms with Crippen molar-refractivity contribution < 1.29 is 9.90 Å². The van der Waals surface area contributed by atoms with Crippen molar-refractivity contribution in [3.8, 4) is 6.07 Å². The van der Waals surface area contributed by atoms with E-state index in [1.54, 1.807) is 17.0 Å². The fraction of sp³-hybridized carbons (Fsp3) is 0.385. The Bertz CT molecular complexity index is 449. The Morgan fingerprint density at radius 3 is 2.71 bits per heavy atom. The number of anilines is 1. The van der Waals surface area contributed by atoms with Crippen LogP contribution in [0.25, 0.3) is 0 Å². The van der Waals surface area contributed by atoms with Crippen LogP contribution in [0, 0.1) is 18.3 Å². The summed E-state index contributed by atoms with van der Waals surface area (Å²) in [6.07, 6.45) is 0.881. The molecular weight excluding hydrogens is 216 g/mol. The van der Waals surface area contributed by atoms with Gasteiger partial charge in [0.25, 0.3) is 0 Å². The number of rotatable bonds is 5. The van der Waals surface area contributed by atoms with Gasteiger partial charge in [0.2, 0.25) is 0 Å². The molecule has 1 N–H and O–H groups in total. The summed E-state index contributed by atoms with van der Waals surface area (Å²) in [4.78, 5) is 12.6. The van der Waals surface area contributed by atoms with Gasteiger partial charge in [-0.05, 0) is 37.1 Å². The third-order valence-corrected chi connectivity index (χ3v) is 2.52. The van der Waals surface area contributed by atoms with Gasteiger partial charge in [-0.3, -0.25) is 4.79 Å². The molecule has 0 fully saturated rings. The number of benzene rings is 1. The highest BCUT2D eigenvalue weighted by atomic mass is 16.4. The highest BCUT2D eigenvalue weighted by Gasteiger charge is 2.10. The maximum absolute atomic E-state index is 10.8. The molecule has 90 valence electrons. The van der Waals surface area contributed by atoms with Crippen LogP contribution in [0.2, 0.25) is 0 Å². The van der Waals surface area contributed by atoms with Gasteiger partial charge in [0.05, 0.1) is 11.6 Å². The predicted octanol–water partition coefficient (Wildman–Crippen LogP) is 2.17. The summed E-state index contributed by atoms with van der Waals surface area (Å²) in [6, 6.07) is 7.48. The van der Waals surface area contributed by atoms with E-state index in [0.29, 0.717) is 12.1 Å². The van der Waals surface area contributed by atoms with Crippen LogP contribution in [0.3, 0.4) is 0 Å². The summed E-state index contributed by atoms with van der Waals surface area (Å²) in [6.45, 7) is 4.54. The summed E-state index contributed by atoms with van der Waals surface area (Å²) in [5.41, 5.74) is 2.35. The number of hydrogen-bond acceptors (Lipinski definition) is 3. The Hall–Kier alpha value is -2.02. The number of carbonyl (C=O) groups is 1. The van der Waals surface area contributed by atoms with Crippen molar-refractivity contribution in [1.82, 2.24) is 0 Å². The molecular formula is C13H16N2O2. The number of hydrogen-bond donors (Lipinski definition) is 1. The van der Waals surface area contributed by atoms with Gasteiger partial charge in [-0.2, -0.15) is 5.26 Å². The highest BCUT2D eigenvalue weighted by molar-refractivity contribution is 5.74. The Morgan fingerprint density at radius 2 is 2.24 bits per heavy atom. The van der Waals surface area contributed by atoms with Gasteiger partial charge in [-0.25, -0.2) is 0 Å². The van der Waals surface area contributed by atoms with E-state index in [1.165, 1.54) is 0 Å². The zero-order chi connectivity index (χ0) is 12.8. The van der Waals surface area contributed by atoms with Crippen molar-refractivity contribution in [3.05, 3.63) is 29.3 Å². The van der Waals surface area contributed by atoms with Crippen molar-refractivity contribution >= 4 is 11.7 Å². The molecule has 0 aliphatic rings. The van der Waals surface area contributed by atoms with E-state index in [4.69, 9.17) is 10.4 Å². The molecule has 1 rings (SSSR count). The maximum Gasteiger partial charge on any atom is 0.323 e. The third-order valence-electron chi connectivity index (χ3n) is 2.52. The monoisotopic (exact) mass is 232 g/mol. The third kappa shape index (κ3) is 3.49. The average Bonchev–Trinajstić information content (AvgIpc) is 2.28. The fourth-order valence-electron chi connectivity index (χ4n) is 1.70. The molecule has 0 aliphatic carbocycles. The molecule has 0 atom stereocenters. The van der Waals surface area contributed by atoms with E-state index < -0.39 is 5.97 Å². The number of nitrogens with zero attached hydrogens (tertiary/aromatic N) is 2. The normalized spacial score (nSPS) is 9.71. The van der Waals surface area contributed by atoms with Crippen molar-refractivity contribution in [2.45, 2.75) is 20.3 Å². The Kier molecular flexibility index (Phi) is 4.53. The Balaban J connectivity index is 2.98. The minimum Gasteiger partial charge on any atom is -0.480 e. The van der Waals surface area contributed by atoms with Gasteiger partial charge in [0, 0.05) is 12.2 Å². The summed E-state index contributed by atoms with van der Waals surface area (Å²) in [5, 5.41) is 17.7. The molecule has 0 saturated heterocycles. The number of carboxylic acid groups (broad SMARTS) is 1. The molecule has 0 amide bonds. The van der Waals surface area contributed by atoms with Crippen molar-refractivity contribution in [3.63, 3.8) is 0 Å². The van der Waals surface area contributed by atoms with Crippen molar-refractivity contribution in [2.75, 3.05) is 18.0 Å². The van der Waals surface area contributed by atoms with Crippen LogP contribution in [0.1, 0.15) is 24.5 Å². The fourth-order valence-corrected chi connectivity index (χ4v) is 1.70. The number of aryl methyl sites for hydroxylation is 1. The lowest BCUT2D eigenvalue weighted by Crippen LogP contribution is -2.30. The predicted molar refractivity (Wildman–Crippen MR) is 66.0 cm³/mol. The van der Waals surface area contributed by atoms with Crippen molar-refractivity contribution in [2.24, 2.45) is 0 Å². The summed E-state index contributed by atoms with van der Waals surface area (Å²) in [7, 11) is 0. The lowest BCUT2D eigenvalue weighted by molar-refractivity contribution is -0.135. The van der Waals surface area contributed by atoms with Gasteiger partial charge < -0.3 is 10.0 Å². The smallest absolute Gasteiger partial charge is 0.323 e. The highest BCUT2D eigenvalue weighted by Crippen LogP contribution is 2.19. The first-order valence-electron chi connectivity index (χ1n) is 5.56. The Labute approximate surface area is 101 Å². The largest absolute Gasteiger partial charge is 0.480 e. The van der Waals surface area contributed by atoms with E-state index in [0.717, 1.165) is 17.7 Å². The van der Waals surface area contributed by atoms with E-state index in [9.17, 15) is 4.79 Å². The van der Waals surface area contributed by atoms with Gasteiger partial charge in [-0.15, -0.1) is 0 Å². The van der Waals surface area contributed by atoms with Crippen LogP contribution in [0.5, 0.6) is 0 Å². The van der Waals surface area contributed by atoms with Gasteiger partial charge in [0.1, 0.15) is 6.54 Å². The number of aliphatic carboxylic acids is 1. The molecule has 4 heteroatoms. The quantitative estimate of drug-likeness (QED) is 0.845. The van der Waals surface area contributed by atoms with Crippen LogP contribution in [-0.4, -0.2) is 24.2 Å². The first-order chi connectivity index (χ1) is 8.08. The minimum absolute atomic E-state index is 0.0147. The molecule has 0 bridgehead atoms. The molecule has 1 aromatic carbocycles. The van der Waals surface area contributed by atoms with E-state index in [-0.39, 0.29) is 6.54 Å². The molecule has 0 saturated carbocycles. The standard InChI is InChI=1S/C13H16N2O2/c1-3-6-15(9-13(16)17)12-5-4-11(8-14)10(2)7-12/h4-5,7H,3,6,9H2,1-2H3,(H,16,17). The van der Waals surface area contributed by atoms with Gasteiger partial charge in [0.15, 0.2) is 0 Å². The van der Waals surface area contributed by atoms with E-state index in [2.05, 4.69) is 6.07 Å². The first kappa shape index (κ1) is 13.0. The molecule has 0 aliphatic heterocycles. The molecule has 0 radical (unpaired) electrons. The summed E-state index contributed by atoms with van der Waals surface area (Å²) < 4.78 is 0. The SMILES string of the molecule is CCCN(CC(=O)O)c1ccc(C#N)c(C)c1. The average molecular weight is 232 g/mol. The second-order valence-electron chi connectivity index (χ2n) is 3.93. The van der Waals surface area contributed by atoms with Crippen LogP contribution >= 0.6 is 0 Å². The number of nitriles is 1. The molecule has 0 spiro atoms. The van der Waals surface area contributed by atoms with Crippen LogP contribution in [0.15, 0.2) is 18.2 Å². The zero-order valence-corrected chi connectivity index (χ0v) is 10.1. The van der Waals surface area contributed by atoms with E-state index >= 15 is 0 Å². The molecule has 17 heavy (non-hydrogen) atoms. The van der Waals surface area contributed by atoms with Gasteiger partial charge >= 0.3 is 5.97 Å². The molecule has 4 nitrogen and oxygen atoms in total. The van der Waals surface area contributed by atoms with Crippen LogP contribution < -0.4 is 4.90 Å². The second kappa shape index (κ2) is 5.90. The topological polar surface area (TPSA) is 64.3 Å². The summed E-state index contributed by atoms with van der Waals surface area (Å²) in [5.74, 6) is -0.847. The van der Waals surface area contributed by atoms with Crippen LogP contribution in [-0.2, 0) is 4.79 Å². The van der Waals surface area contributed by atoms with Gasteiger partial charge in [-0.1, -0.05) is 6.92 Å². The van der Waals surface area contributed by atoms with Crippen molar-refractivity contribution in [1.29, 1.82) is 5.26 Å². The minimum atomic E-state index is -0.847. The second-order valence-corrected chi connectivity index (χ2v) is 3.93.